The summed E-state index contributed by atoms with van der Waals surface area (Å²) in [4.78, 5) is 47.3. The maximum absolute atomic E-state index is 12.6. The summed E-state index contributed by atoms with van der Waals surface area (Å²) in [5.74, 6) is -2.73. The second-order valence-electron chi connectivity index (χ2n) is 7.23. The first-order valence-corrected chi connectivity index (χ1v) is 11.3. The molecule has 1 fully saturated rings. The molecule has 0 aromatic heterocycles. The van der Waals surface area contributed by atoms with E-state index >= 15 is 0 Å². The number of ether oxygens (including phenoxy) is 6. The van der Waals surface area contributed by atoms with Gasteiger partial charge in [0, 0.05) is 25.2 Å². The van der Waals surface area contributed by atoms with Crippen LogP contribution in [0.4, 0.5) is 0 Å². The summed E-state index contributed by atoms with van der Waals surface area (Å²) in [6.45, 7) is 5.07. The number of rotatable bonds is 9. The standard InChI is InChI=1S/C23H27BrO10/c1-5-29-23(28)19(10-16-8-6-7-9-17(16)24)33-21-11-18(31-14(3)26)22(32-15(4)27)20(34-21)12-30-13(2)25/h6-10,18,20-22H,5,11-12H2,1-4H3/b19-10-. The topological polar surface area (TPSA) is 124 Å². The highest BCUT2D eigenvalue weighted by Crippen LogP contribution is 2.29. The van der Waals surface area contributed by atoms with Crippen molar-refractivity contribution < 1.29 is 47.6 Å². The Kier molecular flexibility index (Phi) is 10.5. The van der Waals surface area contributed by atoms with E-state index in [1.165, 1.54) is 26.8 Å². The Bertz CT molecular complexity index is 928. The van der Waals surface area contributed by atoms with Crippen LogP contribution in [0.5, 0.6) is 0 Å². The van der Waals surface area contributed by atoms with Gasteiger partial charge in [0.1, 0.15) is 18.8 Å². The van der Waals surface area contributed by atoms with Crippen molar-refractivity contribution in [2.75, 3.05) is 13.2 Å². The first-order valence-electron chi connectivity index (χ1n) is 10.5. The van der Waals surface area contributed by atoms with Gasteiger partial charge in [-0.15, -0.1) is 0 Å². The molecule has 0 amide bonds. The van der Waals surface area contributed by atoms with Gasteiger partial charge >= 0.3 is 23.9 Å². The lowest BCUT2D eigenvalue weighted by atomic mass is 10.0. The Labute approximate surface area is 205 Å². The summed E-state index contributed by atoms with van der Waals surface area (Å²) in [5, 5.41) is 0. The zero-order valence-electron chi connectivity index (χ0n) is 19.3. The molecule has 0 radical (unpaired) electrons. The van der Waals surface area contributed by atoms with Crippen LogP contribution >= 0.6 is 15.9 Å². The molecule has 0 aliphatic carbocycles. The molecule has 1 aromatic rings. The molecule has 4 unspecified atom stereocenters. The van der Waals surface area contributed by atoms with Crippen molar-refractivity contribution in [3.8, 4) is 0 Å². The fourth-order valence-corrected chi connectivity index (χ4v) is 3.59. The molecule has 1 saturated heterocycles. The third-order valence-corrected chi connectivity index (χ3v) is 5.20. The Morgan fingerprint density at radius 2 is 1.68 bits per heavy atom. The fourth-order valence-electron chi connectivity index (χ4n) is 3.19. The number of carbonyl (C=O) groups is 4. The summed E-state index contributed by atoms with van der Waals surface area (Å²) in [7, 11) is 0. The summed E-state index contributed by atoms with van der Waals surface area (Å²) in [5.41, 5.74) is 0.646. The van der Waals surface area contributed by atoms with Crippen LogP contribution in [0.1, 0.15) is 39.7 Å². The van der Waals surface area contributed by atoms with Crippen molar-refractivity contribution in [1.29, 1.82) is 0 Å². The lowest BCUT2D eigenvalue weighted by Gasteiger charge is -2.39. The molecule has 1 aromatic carbocycles. The van der Waals surface area contributed by atoms with Crippen molar-refractivity contribution in [1.82, 2.24) is 0 Å². The van der Waals surface area contributed by atoms with E-state index in [4.69, 9.17) is 28.4 Å². The molecule has 186 valence electrons. The highest BCUT2D eigenvalue weighted by Gasteiger charge is 2.45. The normalized spacial score (nSPS) is 22.3. The minimum Gasteiger partial charge on any atom is -0.463 e. The van der Waals surface area contributed by atoms with Gasteiger partial charge in [-0.3, -0.25) is 14.4 Å². The molecule has 34 heavy (non-hydrogen) atoms. The summed E-state index contributed by atoms with van der Waals surface area (Å²) < 4.78 is 33.2. The van der Waals surface area contributed by atoms with Crippen molar-refractivity contribution in [3.05, 3.63) is 40.1 Å². The SMILES string of the molecule is CCOC(=O)/C(=C/c1ccccc1Br)OC1CC(OC(C)=O)C(OC(C)=O)C(COC(C)=O)O1. The molecule has 0 bridgehead atoms. The Hall–Kier alpha value is -2.92. The van der Waals surface area contributed by atoms with E-state index in [1.807, 2.05) is 6.07 Å². The van der Waals surface area contributed by atoms with E-state index in [0.29, 0.717) is 10.0 Å². The number of esters is 4. The van der Waals surface area contributed by atoms with Crippen LogP contribution < -0.4 is 0 Å². The van der Waals surface area contributed by atoms with Gasteiger partial charge in [0.15, 0.2) is 6.10 Å². The smallest absolute Gasteiger partial charge is 0.373 e. The maximum Gasteiger partial charge on any atom is 0.373 e. The third kappa shape index (κ3) is 8.45. The Morgan fingerprint density at radius 3 is 2.26 bits per heavy atom. The average Bonchev–Trinajstić information content (AvgIpc) is 2.74. The number of halogens is 1. The Morgan fingerprint density at radius 1 is 1.00 bits per heavy atom. The molecular formula is C23H27BrO10. The van der Waals surface area contributed by atoms with Gasteiger partial charge in [0.2, 0.25) is 12.0 Å². The second-order valence-corrected chi connectivity index (χ2v) is 8.09. The van der Waals surface area contributed by atoms with Crippen LogP contribution in [0.2, 0.25) is 0 Å². The lowest BCUT2D eigenvalue weighted by molar-refractivity contribution is -0.257. The second kappa shape index (κ2) is 13.1. The highest BCUT2D eigenvalue weighted by molar-refractivity contribution is 9.10. The van der Waals surface area contributed by atoms with E-state index in [1.54, 1.807) is 25.1 Å². The van der Waals surface area contributed by atoms with E-state index in [-0.39, 0.29) is 25.4 Å². The predicted octanol–water partition coefficient (Wildman–Crippen LogP) is 2.91. The largest absolute Gasteiger partial charge is 0.463 e. The molecule has 0 N–H and O–H groups in total. The van der Waals surface area contributed by atoms with Crippen LogP contribution in [-0.4, -0.2) is 61.7 Å². The van der Waals surface area contributed by atoms with Gasteiger partial charge in [-0.1, -0.05) is 34.1 Å². The van der Waals surface area contributed by atoms with Crippen LogP contribution in [0.25, 0.3) is 6.08 Å². The van der Waals surface area contributed by atoms with Crippen molar-refractivity contribution in [3.63, 3.8) is 0 Å². The highest BCUT2D eigenvalue weighted by atomic mass is 79.9. The molecule has 4 atom stereocenters. The zero-order chi connectivity index (χ0) is 25.3. The van der Waals surface area contributed by atoms with Crippen LogP contribution in [0, 0.1) is 0 Å². The average molecular weight is 543 g/mol. The first-order chi connectivity index (χ1) is 16.1. The number of hydrogen-bond acceptors (Lipinski definition) is 10. The summed E-state index contributed by atoms with van der Waals surface area (Å²) >= 11 is 3.41. The Balaban J connectivity index is 2.36. The lowest BCUT2D eigenvalue weighted by Crippen LogP contribution is -2.54. The maximum atomic E-state index is 12.6. The van der Waals surface area contributed by atoms with Gasteiger partial charge in [-0.25, -0.2) is 4.79 Å². The predicted molar refractivity (Wildman–Crippen MR) is 121 cm³/mol. The number of hydrogen-bond donors (Lipinski definition) is 0. The molecule has 1 aliphatic rings. The van der Waals surface area contributed by atoms with Crippen molar-refractivity contribution in [2.45, 2.75) is 58.7 Å². The van der Waals surface area contributed by atoms with E-state index < -0.39 is 48.5 Å². The van der Waals surface area contributed by atoms with Crippen LogP contribution in [0.3, 0.4) is 0 Å². The molecule has 0 saturated carbocycles. The first kappa shape index (κ1) is 27.3. The zero-order valence-corrected chi connectivity index (χ0v) is 20.9. The van der Waals surface area contributed by atoms with E-state index in [9.17, 15) is 19.2 Å². The van der Waals surface area contributed by atoms with Crippen LogP contribution in [-0.2, 0) is 47.6 Å². The molecule has 1 heterocycles. The molecule has 1 aliphatic heterocycles. The third-order valence-electron chi connectivity index (χ3n) is 4.48. The molecule has 2 rings (SSSR count). The minimum absolute atomic E-state index is 0.0686. The van der Waals surface area contributed by atoms with Crippen LogP contribution in [0.15, 0.2) is 34.5 Å². The van der Waals surface area contributed by atoms with Gasteiger partial charge < -0.3 is 28.4 Å². The van der Waals surface area contributed by atoms with Gasteiger partial charge in [-0.05, 0) is 24.6 Å². The number of carbonyl (C=O) groups excluding carboxylic acids is 4. The summed E-state index contributed by atoms with van der Waals surface area (Å²) in [6.07, 6.45) is -2.77. The summed E-state index contributed by atoms with van der Waals surface area (Å²) in [6, 6.07) is 7.15. The number of benzene rings is 1. The van der Waals surface area contributed by atoms with Gasteiger partial charge in [0.05, 0.1) is 13.0 Å². The van der Waals surface area contributed by atoms with Gasteiger partial charge in [-0.2, -0.15) is 0 Å². The quantitative estimate of drug-likeness (QED) is 0.199. The monoisotopic (exact) mass is 542 g/mol. The van der Waals surface area contributed by atoms with Crippen molar-refractivity contribution >= 4 is 45.9 Å². The molecule has 10 nitrogen and oxygen atoms in total. The minimum atomic E-state index is -1.12. The van der Waals surface area contributed by atoms with Gasteiger partial charge in [0.25, 0.3) is 0 Å². The van der Waals surface area contributed by atoms with Crippen molar-refractivity contribution in [2.24, 2.45) is 0 Å². The molecule has 0 spiro atoms. The van der Waals surface area contributed by atoms with E-state index in [2.05, 4.69) is 15.9 Å². The fraction of sp³-hybridized carbons (Fsp3) is 0.478. The molecular weight excluding hydrogens is 516 g/mol. The molecule has 11 heteroatoms. The van der Waals surface area contributed by atoms with E-state index in [0.717, 1.165) is 0 Å².